The first-order valence-electron chi connectivity index (χ1n) is 6.68. The molecule has 1 aliphatic rings. The smallest absolute Gasteiger partial charge is 0.150 e. The molecular formula is C15H20O3. The van der Waals surface area contributed by atoms with E-state index in [-0.39, 0.29) is 0 Å². The number of hydrogen-bond acceptors (Lipinski definition) is 3. The predicted octanol–water partition coefficient (Wildman–Crippen LogP) is 3.23. The van der Waals surface area contributed by atoms with Crippen molar-refractivity contribution in [1.29, 1.82) is 0 Å². The molecule has 0 aromatic heterocycles. The van der Waals surface area contributed by atoms with E-state index in [4.69, 9.17) is 9.47 Å². The molecule has 0 aliphatic heterocycles. The first-order valence-corrected chi connectivity index (χ1v) is 6.68. The maximum Gasteiger partial charge on any atom is 0.150 e. The van der Waals surface area contributed by atoms with E-state index in [0.29, 0.717) is 24.9 Å². The maximum absolute atomic E-state index is 10.5. The molecule has 0 heterocycles. The van der Waals surface area contributed by atoms with Gasteiger partial charge in [-0.15, -0.1) is 0 Å². The summed E-state index contributed by atoms with van der Waals surface area (Å²) < 4.78 is 11.3. The summed E-state index contributed by atoms with van der Waals surface area (Å²) in [6.07, 6.45) is 7.56. The Morgan fingerprint density at radius 3 is 2.44 bits per heavy atom. The number of hydrogen-bond donors (Lipinski definition) is 0. The Kier molecular flexibility index (Phi) is 5.21. The normalized spacial score (nSPS) is 16.4. The van der Waals surface area contributed by atoms with E-state index in [1.165, 1.54) is 32.1 Å². The summed E-state index contributed by atoms with van der Waals surface area (Å²) in [5.74, 6) is 0.785. The second-order valence-corrected chi connectivity index (χ2v) is 4.67. The summed E-state index contributed by atoms with van der Waals surface area (Å²) in [6, 6.07) is 7.13. The average molecular weight is 248 g/mol. The molecule has 1 aromatic carbocycles. The molecule has 2 rings (SSSR count). The van der Waals surface area contributed by atoms with Crippen molar-refractivity contribution in [1.82, 2.24) is 0 Å². The first-order chi connectivity index (χ1) is 8.88. The zero-order chi connectivity index (χ0) is 12.6. The van der Waals surface area contributed by atoms with Gasteiger partial charge in [0.15, 0.2) is 0 Å². The largest absolute Gasteiger partial charge is 0.491 e. The molecule has 0 N–H and O–H groups in total. The van der Waals surface area contributed by atoms with E-state index < -0.39 is 0 Å². The van der Waals surface area contributed by atoms with Crippen molar-refractivity contribution >= 4 is 6.29 Å². The molecule has 0 unspecified atom stereocenters. The molecule has 18 heavy (non-hydrogen) atoms. The molecule has 1 aromatic rings. The molecule has 1 saturated carbocycles. The fraction of sp³-hybridized carbons (Fsp3) is 0.533. The molecule has 1 aliphatic carbocycles. The van der Waals surface area contributed by atoms with Crippen molar-refractivity contribution in [2.24, 2.45) is 0 Å². The minimum atomic E-state index is 0.430. The van der Waals surface area contributed by atoms with E-state index in [1.807, 2.05) is 12.1 Å². The van der Waals surface area contributed by atoms with Gasteiger partial charge >= 0.3 is 0 Å². The molecule has 1 fully saturated rings. The topological polar surface area (TPSA) is 35.5 Å². The zero-order valence-corrected chi connectivity index (χ0v) is 10.6. The van der Waals surface area contributed by atoms with Gasteiger partial charge in [0.1, 0.15) is 18.6 Å². The van der Waals surface area contributed by atoms with Crippen LogP contribution in [0.5, 0.6) is 5.75 Å². The summed E-state index contributed by atoms with van der Waals surface area (Å²) in [7, 11) is 0. The van der Waals surface area contributed by atoms with E-state index in [9.17, 15) is 4.79 Å². The van der Waals surface area contributed by atoms with Gasteiger partial charge < -0.3 is 9.47 Å². The van der Waals surface area contributed by atoms with Crippen molar-refractivity contribution in [3.63, 3.8) is 0 Å². The van der Waals surface area contributed by atoms with Gasteiger partial charge in [-0.3, -0.25) is 4.79 Å². The Labute approximate surface area is 108 Å². The Hall–Kier alpha value is -1.35. The van der Waals surface area contributed by atoms with Gasteiger partial charge in [-0.2, -0.15) is 0 Å². The Balaban J connectivity index is 1.63. The lowest BCUT2D eigenvalue weighted by Gasteiger charge is -2.21. The second kappa shape index (κ2) is 7.17. The predicted molar refractivity (Wildman–Crippen MR) is 70.1 cm³/mol. The SMILES string of the molecule is O=Cc1ccc(OCCOC2CCCCC2)cc1. The van der Waals surface area contributed by atoms with Crippen molar-refractivity contribution in [3.05, 3.63) is 29.8 Å². The fourth-order valence-electron chi connectivity index (χ4n) is 2.25. The zero-order valence-electron chi connectivity index (χ0n) is 10.6. The van der Waals surface area contributed by atoms with Crippen LogP contribution in [0.15, 0.2) is 24.3 Å². The van der Waals surface area contributed by atoms with Crippen molar-refractivity contribution in [2.75, 3.05) is 13.2 Å². The molecule has 0 saturated heterocycles. The summed E-state index contributed by atoms with van der Waals surface area (Å²) in [6.45, 7) is 1.21. The van der Waals surface area contributed by atoms with Crippen LogP contribution in [-0.4, -0.2) is 25.6 Å². The lowest BCUT2D eigenvalue weighted by Crippen LogP contribution is -2.19. The van der Waals surface area contributed by atoms with Gasteiger partial charge in [-0.05, 0) is 37.1 Å². The molecule has 0 spiro atoms. The molecule has 3 nitrogen and oxygen atoms in total. The Bertz CT molecular complexity index is 353. The van der Waals surface area contributed by atoms with E-state index in [0.717, 1.165) is 12.0 Å². The highest BCUT2D eigenvalue weighted by atomic mass is 16.5. The van der Waals surface area contributed by atoms with Gasteiger partial charge in [0.25, 0.3) is 0 Å². The maximum atomic E-state index is 10.5. The molecule has 0 atom stereocenters. The third-order valence-electron chi connectivity index (χ3n) is 3.27. The van der Waals surface area contributed by atoms with E-state index in [2.05, 4.69) is 0 Å². The Morgan fingerprint density at radius 1 is 1.06 bits per heavy atom. The molecule has 3 heteroatoms. The van der Waals surface area contributed by atoms with Crippen LogP contribution < -0.4 is 4.74 Å². The van der Waals surface area contributed by atoms with Crippen molar-refractivity contribution < 1.29 is 14.3 Å². The van der Waals surface area contributed by atoms with E-state index >= 15 is 0 Å². The van der Waals surface area contributed by atoms with Crippen LogP contribution in [-0.2, 0) is 4.74 Å². The van der Waals surface area contributed by atoms with Crippen LogP contribution in [0.25, 0.3) is 0 Å². The van der Waals surface area contributed by atoms with Crippen LogP contribution in [0.1, 0.15) is 42.5 Å². The highest BCUT2D eigenvalue weighted by Gasteiger charge is 2.13. The van der Waals surface area contributed by atoms with E-state index in [1.54, 1.807) is 12.1 Å². The monoisotopic (exact) mass is 248 g/mol. The number of carbonyl (C=O) groups excluding carboxylic acids is 1. The number of rotatable bonds is 6. The molecule has 98 valence electrons. The lowest BCUT2D eigenvalue weighted by molar-refractivity contribution is 0.0129. The van der Waals surface area contributed by atoms with Crippen LogP contribution in [0, 0.1) is 0 Å². The fourth-order valence-corrected chi connectivity index (χ4v) is 2.25. The minimum absolute atomic E-state index is 0.430. The standard InChI is InChI=1S/C15H20O3/c16-12-13-6-8-15(9-7-13)18-11-10-17-14-4-2-1-3-5-14/h6-9,12,14H,1-5,10-11H2. The van der Waals surface area contributed by atoms with Crippen LogP contribution in [0.3, 0.4) is 0 Å². The van der Waals surface area contributed by atoms with Gasteiger partial charge in [0.2, 0.25) is 0 Å². The third-order valence-corrected chi connectivity index (χ3v) is 3.27. The van der Waals surface area contributed by atoms with Crippen molar-refractivity contribution in [2.45, 2.75) is 38.2 Å². The van der Waals surface area contributed by atoms with Gasteiger partial charge in [0, 0.05) is 5.56 Å². The second-order valence-electron chi connectivity index (χ2n) is 4.67. The first kappa shape index (κ1) is 13.1. The number of benzene rings is 1. The molecule has 0 bridgehead atoms. The minimum Gasteiger partial charge on any atom is -0.491 e. The third kappa shape index (κ3) is 4.15. The van der Waals surface area contributed by atoms with Gasteiger partial charge in [0.05, 0.1) is 12.7 Å². The summed E-state index contributed by atoms with van der Waals surface area (Å²) in [5, 5.41) is 0. The van der Waals surface area contributed by atoms with Gasteiger partial charge in [-0.25, -0.2) is 0 Å². The number of carbonyl (C=O) groups is 1. The number of ether oxygens (including phenoxy) is 2. The van der Waals surface area contributed by atoms with Crippen LogP contribution in [0.2, 0.25) is 0 Å². The summed E-state index contributed by atoms with van der Waals surface area (Å²) in [5.41, 5.74) is 0.667. The quantitative estimate of drug-likeness (QED) is 0.572. The van der Waals surface area contributed by atoms with Crippen LogP contribution in [0.4, 0.5) is 0 Å². The molecule has 0 amide bonds. The van der Waals surface area contributed by atoms with Crippen LogP contribution >= 0.6 is 0 Å². The number of aldehydes is 1. The average Bonchev–Trinajstić information content (AvgIpc) is 2.45. The lowest BCUT2D eigenvalue weighted by atomic mass is 9.98. The molecular weight excluding hydrogens is 228 g/mol. The summed E-state index contributed by atoms with van der Waals surface area (Å²) in [4.78, 5) is 10.5. The highest BCUT2D eigenvalue weighted by Crippen LogP contribution is 2.20. The van der Waals surface area contributed by atoms with Crippen molar-refractivity contribution in [3.8, 4) is 5.75 Å². The highest BCUT2D eigenvalue weighted by molar-refractivity contribution is 5.74. The molecule has 0 radical (unpaired) electrons. The Morgan fingerprint density at radius 2 is 1.78 bits per heavy atom. The van der Waals surface area contributed by atoms with Gasteiger partial charge in [-0.1, -0.05) is 19.3 Å². The summed E-state index contributed by atoms with van der Waals surface area (Å²) >= 11 is 0.